The van der Waals surface area contributed by atoms with E-state index in [1.165, 1.54) is 11.8 Å². The van der Waals surface area contributed by atoms with Crippen LogP contribution in [0.2, 0.25) is 0 Å². The van der Waals surface area contributed by atoms with Crippen LogP contribution in [0.4, 0.5) is 11.4 Å². The van der Waals surface area contributed by atoms with Crippen LogP contribution in [-0.2, 0) is 11.4 Å². The Morgan fingerprint density at radius 3 is 2.39 bits per heavy atom. The lowest BCUT2D eigenvalue weighted by Gasteiger charge is -2.30. The fraction of sp³-hybridized carbons (Fsp3) is 0.125. The number of fused-ring (bicyclic) bond motifs is 2. The van der Waals surface area contributed by atoms with Crippen molar-refractivity contribution in [3.05, 3.63) is 78.7 Å². The van der Waals surface area contributed by atoms with Gasteiger partial charge in [0.05, 0.1) is 24.2 Å². The van der Waals surface area contributed by atoms with E-state index in [4.69, 9.17) is 13.9 Å². The van der Waals surface area contributed by atoms with Crippen molar-refractivity contribution < 1.29 is 18.7 Å². The molecule has 166 valence electrons. The van der Waals surface area contributed by atoms with Gasteiger partial charge in [0.15, 0.2) is 6.61 Å². The van der Waals surface area contributed by atoms with Gasteiger partial charge in [-0.2, -0.15) is 0 Å². The van der Waals surface area contributed by atoms with Gasteiger partial charge >= 0.3 is 0 Å². The Kier molecular flexibility index (Phi) is 6.23. The summed E-state index contributed by atoms with van der Waals surface area (Å²) in [6.07, 6.45) is 0. The predicted molar refractivity (Wildman–Crippen MR) is 127 cm³/mol. The molecule has 0 spiro atoms. The highest BCUT2D eigenvalue weighted by Gasteiger charge is 2.28. The second-order valence-electron chi connectivity index (χ2n) is 6.98. The third kappa shape index (κ3) is 4.69. The van der Waals surface area contributed by atoms with Crippen LogP contribution in [-0.4, -0.2) is 29.0 Å². The first-order chi connectivity index (χ1) is 16.2. The van der Waals surface area contributed by atoms with Gasteiger partial charge in [-0.3, -0.25) is 9.69 Å². The molecule has 5 rings (SSSR count). The zero-order valence-electron chi connectivity index (χ0n) is 17.6. The number of methoxy groups -OCH3 is 1. The number of hydrogen-bond donors (Lipinski definition) is 0. The second-order valence-corrected chi connectivity index (χ2v) is 9.00. The largest absolute Gasteiger partial charge is 0.497 e. The minimum Gasteiger partial charge on any atom is -0.497 e. The number of amides is 1. The average Bonchev–Trinajstić information content (AvgIpc) is 3.32. The monoisotopic (exact) mass is 477 g/mol. The third-order valence-electron chi connectivity index (χ3n) is 4.85. The zero-order chi connectivity index (χ0) is 22.6. The van der Waals surface area contributed by atoms with E-state index in [1.54, 1.807) is 29.8 Å². The molecule has 0 unspecified atom stereocenters. The molecule has 0 aliphatic carbocycles. The minimum atomic E-state index is -0.0624. The molecule has 0 saturated heterocycles. The molecule has 2 heterocycles. The summed E-state index contributed by atoms with van der Waals surface area (Å²) in [7, 11) is 1.60. The Labute approximate surface area is 199 Å². The molecule has 0 bridgehead atoms. The lowest BCUT2D eigenvalue weighted by atomic mass is 10.2. The number of carbonyl (C=O) groups is 1. The third-order valence-corrected chi connectivity index (χ3v) is 6.79. The van der Waals surface area contributed by atoms with E-state index < -0.39 is 0 Å². The molecular weight excluding hydrogens is 458 g/mol. The second kappa shape index (κ2) is 9.60. The van der Waals surface area contributed by atoms with Gasteiger partial charge < -0.3 is 13.9 Å². The fourth-order valence-electron chi connectivity index (χ4n) is 3.35. The lowest BCUT2D eigenvalue weighted by molar-refractivity contribution is -0.115. The first kappa shape index (κ1) is 21.4. The maximum Gasteiger partial charge on any atom is 0.277 e. The number of benzene rings is 3. The molecule has 33 heavy (non-hydrogen) atoms. The van der Waals surface area contributed by atoms with Gasteiger partial charge in [-0.15, -0.1) is 10.2 Å². The molecule has 0 atom stereocenters. The topological polar surface area (TPSA) is 77.7 Å². The van der Waals surface area contributed by atoms with Gasteiger partial charge in [0.25, 0.3) is 11.1 Å². The molecule has 0 N–H and O–H groups in total. The van der Waals surface area contributed by atoms with E-state index in [1.807, 2.05) is 66.7 Å². The number of thioether (sulfide) groups is 1. The van der Waals surface area contributed by atoms with Crippen molar-refractivity contribution in [2.45, 2.75) is 21.6 Å². The summed E-state index contributed by atoms with van der Waals surface area (Å²) >= 11 is 2.87. The SMILES string of the molecule is COc1cccc(OCc2nnc(SCC(=O)N3c4ccccc4Sc4ccccc43)o2)c1. The molecule has 0 fully saturated rings. The first-order valence-electron chi connectivity index (χ1n) is 10.1. The smallest absolute Gasteiger partial charge is 0.277 e. The Balaban J connectivity index is 1.25. The summed E-state index contributed by atoms with van der Waals surface area (Å²) in [4.78, 5) is 17.1. The summed E-state index contributed by atoms with van der Waals surface area (Å²) in [5.74, 6) is 1.76. The van der Waals surface area contributed by atoms with Gasteiger partial charge in [0, 0.05) is 15.9 Å². The Morgan fingerprint density at radius 1 is 0.970 bits per heavy atom. The number of rotatable bonds is 7. The summed E-state index contributed by atoms with van der Waals surface area (Å²) in [6.45, 7) is 0.124. The van der Waals surface area contributed by atoms with E-state index in [0.29, 0.717) is 22.6 Å². The standard InChI is InChI=1S/C24H19N3O4S2/c1-29-16-7-6-8-17(13-16)30-14-22-25-26-24(31-22)32-15-23(28)27-18-9-2-4-11-20(18)33-21-12-5-3-10-19(21)27/h2-13H,14-15H2,1H3. The van der Waals surface area contributed by atoms with E-state index >= 15 is 0 Å². The van der Waals surface area contributed by atoms with Crippen molar-refractivity contribution >= 4 is 40.8 Å². The molecule has 7 nitrogen and oxygen atoms in total. The molecule has 4 aromatic rings. The summed E-state index contributed by atoms with van der Waals surface area (Å²) < 4.78 is 16.5. The molecule has 1 amide bonds. The molecular formula is C24H19N3O4S2. The van der Waals surface area contributed by atoms with Gasteiger partial charge in [0.2, 0.25) is 5.91 Å². The highest BCUT2D eigenvalue weighted by Crippen LogP contribution is 2.48. The normalized spacial score (nSPS) is 12.1. The molecule has 1 aromatic heterocycles. The number of para-hydroxylation sites is 2. The van der Waals surface area contributed by atoms with E-state index in [9.17, 15) is 4.79 Å². The first-order valence-corrected chi connectivity index (χ1v) is 11.9. The van der Waals surface area contributed by atoms with Gasteiger partial charge in [-0.25, -0.2) is 0 Å². The number of carbonyl (C=O) groups excluding carboxylic acids is 1. The van der Waals surface area contributed by atoms with Gasteiger partial charge in [-0.05, 0) is 36.4 Å². The van der Waals surface area contributed by atoms with E-state index in [0.717, 1.165) is 21.2 Å². The highest BCUT2D eigenvalue weighted by atomic mass is 32.2. The number of anilines is 2. The van der Waals surface area contributed by atoms with Crippen molar-refractivity contribution in [2.24, 2.45) is 0 Å². The van der Waals surface area contributed by atoms with Crippen LogP contribution in [0, 0.1) is 0 Å². The van der Waals surface area contributed by atoms with Crippen LogP contribution < -0.4 is 14.4 Å². The van der Waals surface area contributed by atoms with Crippen molar-refractivity contribution in [2.75, 3.05) is 17.8 Å². The summed E-state index contributed by atoms with van der Waals surface area (Å²) in [5, 5.41) is 8.37. The number of nitrogens with zero attached hydrogens (tertiary/aromatic N) is 3. The highest BCUT2D eigenvalue weighted by molar-refractivity contribution is 8.00. The molecule has 0 saturated carbocycles. The summed E-state index contributed by atoms with van der Waals surface area (Å²) in [6, 6.07) is 23.1. The number of hydrogen-bond acceptors (Lipinski definition) is 8. The fourth-order valence-corrected chi connectivity index (χ4v) is 5.04. The van der Waals surface area contributed by atoms with Crippen LogP contribution in [0.25, 0.3) is 0 Å². The predicted octanol–water partition coefficient (Wildman–Crippen LogP) is 5.58. The lowest BCUT2D eigenvalue weighted by Crippen LogP contribution is -2.29. The van der Waals surface area contributed by atoms with E-state index in [2.05, 4.69) is 10.2 Å². The summed E-state index contributed by atoms with van der Waals surface area (Å²) in [5.41, 5.74) is 1.76. The van der Waals surface area contributed by atoms with Crippen LogP contribution in [0.15, 0.2) is 92.2 Å². The maximum absolute atomic E-state index is 13.2. The van der Waals surface area contributed by atoms with Crippen molar-refractivity contribution in [1.29, 1.82) is 0 Å². The average molecular weight is 478 g/mol. The number of aromatic nitrogens is 2. The molecule has 0 radical (unpaired) electrons. The van der Waals surface area contributed by atoms with Crippen molar-refractivity contribution in [3.63, 3.8) is 0 Å². The Hall–Kier alpha value is -3.43. The van der Waals surface area contributed by atoms with Crippen molar-refractivity contribution in [1.82, 2.24) is 10.2 Å². The number of ether oxygens (including phenoxy) is 2. The van der Waals surface area contributed by atoms with Crippen molar-refractivity contribution in [3.8, 4) is 11.5 Å². The zero-order valence-corrected chi connectivity index (χ0v) is 19.3. The van der Waals surface area contributed by atoms with E-state index in [-0.39, 0.29) is 18.3 Å². The minimum absolute atomic E-state index is 0.0624. The molecule has 1 aliphatic rings. The quantitative estimate of drug-likeness (QED) is 0.319. The Bertz CT molecular complexity index is 1250. The van der Waals surface area contributed by atoms with Crippen LogP contribution >= 0.6 is 23.5 Å². The molecule has 3 aromatic carbocycles. The van der Waals surface area contributed by atoms with Crippen LogP contribution in [0.1, 0.15) is 5.89 Å². The molecule has 1 aliphatic heterocycles. The Morgan fingerprint density at radius 2 is 1.67 bits per heavy atom. The maximum atomic E-state index is 13.2. The molecule has 9 heteroatoms. The van der Waals surface area contributed by atoms with Gasteiger partial charge in [-0.1, -0.05) is 53.9 Å². The van der Waals surface area contributed by atoms with Crippen LogP contribution in [0.3, 0.4) is 0 Å². The van der Waals surface area contributed by atoms with Crippen LogP contribution in [0.5, 0.6) is 11.5 Å². The van der Waals surface area contributed by atoms with Gasteiger partial charge in [0.1, 0.15) is 11.5 Å².